The Labute approximate surface area is 214 Å². The average molecular weight is 501 g/mol. The van der Waals surface area contributed by atoms with Gasteiger partial charge in [-0.2, -0.15) is 0 Å². The molecule has 1 aliphatic heterocycles. The van der Waals surface area contributed by atoms with Gasteiger partial charge in [0.1, 0.15) is 17.5 Å². The van der Waals surface area contributed by atoms with Crippen LogP contribution < -0.4 is 15.8 Å². The number of anilines is 1. The normalized spacial score (nSPS) is 12.6. The minimum atomic E-state index is -0.526. The molecule has 0 aliphatic carbocycles. The highest BCUT2D eigenvalue weighted by Crippen LogP contribution is 2.35. The van der Waals surface area contributed by atoms with Crippen molar-refractivity contribution in [3.05, 3.63) is 112 Å². The summed E-state index contributed by atoms with van der Waals surface area (Å²) in [6.45, 7) is 1.14. The van der Waals surface area contributed by atoms with Crippen LogP contribution in [-0.4, -0.2) is 28.0 Å². The smallest absolute Gasteiger partial charge is 0.315 e. The standard InChI is InChI=1S/C28H25ClN4O3/c29-26-25(23-17-32(28(30)35)16-15-24(23)33(26)21-9-5-2-6-10-21)27(34)31-20-11-13-22(14-12-20)36-18-19-7-3-1-4-8-19/h1-14H,15-18H2,(H2,30,35)(H,31,34). The first-order valence-electron chi connectivity index (χ1n) is 11.6. The molecule has 3 aromatic carbocycles. The molecule has 0 bridgehead atoms. The summed E-state index contributed by atoms with van der Waals surface area (Å²) in [6.07, 6.45) is 0.535. The quantitative estimate of drug-likeness (QED) is 0.371. The molecule has 4 aromatic rings. The van der Waals surface area contributed by atoms with Gasteiger partial charge in [0.05, 0.1) is 12.1 Å². The highest BCUT2D eigenvalue weighted by atomic mass is 35.5. The number of rotatable bonds is 6. The van der Waals surface area contributed by atoms with Crippen molar-refractivity contribution in [2.24, 2.45) is 5.73 Å². The maximum atomic E-state index is 13.4. The van der Waals surface area contributed by atoms with Crippen LogP contribution in [0.4, 0.5) is 10.5 Å². The zero-order chi connectivity index (χ0) is 25.1. The van der Waals surface area contributed by atoms with Crippen LogP contribution in [0.3, 0.4) is 0 Å². The molecule has 1 aromatic heterocycles. The fourth-order valence-corrected chi connectivity index (χ4v) is 4.81. The third-order valence-electron chi connectivity index (χ3n) is 6.20. The van der Waals surface area contributed by atoms with Crippen LogP contribution in [0.1, 0.15) is 27.2 Å². The molecule has 0 saturated carbocycles. The minimum absolute atomic E-state index is 0.221. The Balaban J connectivity index is 1.39. The van der Waals surface area contributed by atoms with Crippen LogP contribution in [0, 0.1) is 0 Å². The van der Waals surface area contributed by atoms with E-state index in [1.54, 1.807) is 24.3 Å². The SMILES string of the molecule is NC(=O)N1CCc2c(c(C(=O)Nc3ccc(OCc4ccccc4)cc3)c(Cl)n2-c2ccccc2)C1. The third-order valence-corrected chi connectivity index (χ3v) is 6.56. The van der Waals surface area contributed by atoms with Gasteiger partial charge in [-0.15, -0.1) is 0 Å². The van der Waals surface area contributed by atoms with E-state index in [0.29, 0.717) is 47.3 Å². The fraction of sp³-hybridized carbons (Fsp3) is 0.143. The number of amides is 3. The van der Waals surface area contributed by atoms with E-state index in [1.165, 1.54) is 4.90 Å². The number of nitrogens with two attached hydrogens (primary N) is 1. The molecule has 8 heteroatoms. The number of carbonyl (C=O) groups excluding carboxylic acids is 2. The summed E-state index contributed by atoms with van der Waals surface area (Å²) in [6, 6.07) is 26.2. The number of primary amides is 1. The lowest BCUT2D eigenvalue weighted by molar-refractivity contribution is 0.102. The van der Waals surface area contributed by atoms with Crippen molar-refractivity contribution in [2.45, 2.75) is 19.6 Å². The second kappa shape index (κ2) is 10.2. The number of nitrogens with zero attached hydrogens (tertiary/aromatic N) is 2. The largest absolute Gasteiger partial charge is 0.489 e. The van der Waals surface area contributed by atoms with Crippen molar-refractivity contribution in [1.82, 2.24) is 9.47 Å². The fourth-order valence-electron chi connectivity index (χ4n) is 4.41. The first-order valence-corrected chi connectivity index (χ1v) is 12.0. The Hall–Kier alpha value is -4.23. The lowest BCUT2D eigenvalue weighted by Crippen LogP contribution is -2.40. The summed E-state index contributed by atoms with van der Waals surface area (Å²) in [5.74, 6) is 0.342. The molecule has 0 saturated heterocycles. The van der Waals surface area contributed by atoms with Crippen LogP contribution in [0.25, 0.3) is 5.69 Å². The number of benzene rings is 3. The van der Waals surface area contributed by atoms with Crippen molar-refractivity contribution in [3.8, 4) is 11.4 Å². The van der Waals surface area contributed by atoms with Gasteiger partial charge in [-0.05, 0) is 42.0 Å². The summed E-state index contributed by atoms with van der Waals surface area (Å²) in [5.41, 5.74) is 10.0. The molecule has 5 rings (SSSR count). The number of urea groups is 1. The summed E-state index contributed by atoms with van der Waals surface area (Å²) >= 11 is 6.81. The predicted molar refractivity (Wildman–Crippen MR) is 140 cm³/mol. The Morgan fingerprint density at radius 1 is 0.944 bits per heavy atom. The van der Waals surface area contributed by atoms with E-state index in [9.17, 15) is 9.59 Å². The summed E-state index contributed by atoms with van der Waals surface area (Å²) in [4.78, 5) is 26.8. The van der Waals surface area contributed by atoms with Gasteiger partial charge in [-0.25, -0.2) is 4.79 Å². The van der Waals surface area contributed by atoms with E-state index in [0.717, 1.165) is 16.9 Å². The number of para-hydroxylation sites is 1. The van der Waals surface area contributed by atoms with E-state index < -0.39 is 6.03 Å². The molecule has 182 valence electrons. The molecule has 1 aliphatic rings. The first kappa shape index (κ1) is 23.5. The van der Waals surface area contributed by atoms with Gasteiger partial charge < -0.3 is 25.3 Å². The van der Waals surface area contributed by atoms with E-state index in [4.69, 9.17) is 22.1 Å². The topological polar surface area (TPSA) is 89.6 Å². The van der Waals surface area contributed by atoms with E-state index in [-0.39, 0.29) is 12.5 Å². The number of aromatic nitrogens is 1. The Kier molecular flexibility index (Phi) is 6.64. The number of halogens is 1. The van der Waals surface area contributed by atoms with Crippen molar-refractivity contribution >= 4 is 29.2 Å². The highest BCUT2D eigenvalue weighted by molar-refractivity contribution is 6.34. The molecule has 0 spiro atoms. The zero-order valence-electron chi connectivity index (χ0n) is 19.5. The van der Waals surface area contributed by atoms with Gasteiger partial charge in [0.2, 0.25) is 0 Å². The van der Waals surface area contributed by atoms with Gasteiger partial charge in [0, 0.05) is 35.6 Å². The van der Waals surface area contributed by atoms with Gasteiger partial charge >= 0.3 is 6.03 Å². The Morgan fingerprint density at radius 2 is 1.61 bits per heavy atom. The molecule has 36 heavy (non-hydrogen) atoms. The molecule has 0 radical (unpaired) electrons. The lowest BCUT2D eigenvalue weighted by Gasteiger charge is -2.27. The summed E-state index contributed by atoms with van der Waals surface area (Å²) in [7, 11) is 0. The second-order valence-corrected chi connectivity index (χ2v) is 8.88. The van der Waals surface area contributed by atoms with Crippen molar-refractivity contribution in [3.63, 3.8) is 0 Å². The van der Waals surface area contributed by atoms with Crippen molar-refractivity contribution in [1.29, 1.82) is 0 Å². The molecule has 7 nitrogen and oxygen atoms in total. The number of hydrogen-bond donors (Lipinski definition) is 2. The molecule has 3 amide bonds. The maximum Gasteiger partial charge on any atom is 0.315 e. The van der Waals surface area contributed by atoms with E-state index >= 15 is 0 Å². The Bertz CT molecular complexity index is 1390. The maximum absolute atomic E-state index is 13.4. The number of ether oxygens (including phenoxy) is 1. The number of hydrogen-bond acceptors (Lipinski definition) is 3. The van der Waals surface area contributed by atoms with Gasteiger partial charge in [0.25, 0.3) is 5.91 Å². The van der Waals surface area contributed by atoms with Crippen molar-refractivity contribution < 1.29 is 14.3 Å². The molecule has 2 heterocycles. The number of nitrogens with one attached hydrogen (secondary N) is 1. The number of carbonyl (C=O) groups is 2. The first-order chi connectivity index (χ1) is 17.5. The molecule has 3 N–H and O–H groups in total. The van der Waals surface area contributed by atoms with E-state index in [1.807, 2.05) is 65.2 Å². The number of fused-ring (bicyclic) bond motifs is 1. The van der Waals surface area contributed by atoms with Gasteiger partial charge in [-0.1, -0.05) is 60.1 Å². The molecule has 0 unspecified atom stereocenters. The van der Waals surface area contributed by atoms with Crippen LogP contribution in [-0.2, 0) is 19.6 Å². The minimum Gasteiger partial charge on any atom is -0.489 e. The molecular weight excluding hydrogens is 476 g/mol. The van der Waals surface area contributed by atoms with Crippen LogP contribution in [0.15, 0.2) is 84.9 Å². The molecule has 0 fully saturated rings. The van der Waals surface area contributed by atoms with E-state index in [2.05, 4.69) is 5.32 Å². The predicted octanol–water partition coefficient (Wildman–Crippen LogP) is 5.40. The zero-order valence-corrected chi connectivity index (χ0v) is 20.2. The lowest BCUT2D eigenvalue weighted by atomic mass is 10.0. The van der Waals surface area contributed by atoms with Crippen LogP contribution in [0.2, 0.25) is 5.15 Å². The molecule has 0 atom stereocenters. The average Bonchev–Trinajstić information content (AvgIpc) is 3.20. The van der Waals surface area contributed by atoms with Crippen LogP contribution in [0.5, 0.6) is 5.75 Å². The van der Waals surface area contributed by atoms with Crippen LogP contribution >= 0.6 is 11.6 Å². The monoisotopic (exact) mass is 500 g/mol. The third kappa shape index (κ3) is 4.78. The van der Waals surface area contributed by atoms with Gasteiger partial charge in [-0.3, -0.25) is 4.79 Å². The van der Waals surface area contributed by atoms with Gasteiger partial charge in [0.15, 0.2) is 0 Å². The summed E-state index contributed by atoms with van der Waals surface area (Å²) < 4.78 is 7.71. The second-order valence-electron chi connectivity index (χ2n) is 8.52. The van der Waals surface area contributed by atoms with Crippen molar-refractivity contribution in [2.75, 3.05) is 11.9 Å². The Morgan fingerprint density at radius 3 is 2.28 bits per heavy atom. The highest BCUT2D eigenvalue weighted by Gasteiger charge is 2.32. The summed E-state index contributed by atoms with van der Waals surface area (Å²) in [5, 5.41) is 3.24. The molecular formula is C28H25ClN4O3.